The van der Waals surface area contributed by atoms with Gasteiger partial charge in [-0.3, -0.25) is 14.9 Å². The van der Waals surface area contributed by atoms with E-state index < -0.39 is 4.92 Å². The molecule has 0 N–H and O–H groups in total. The molecule has 0 amide bonds. The number of alkyl halides is 2. The van der Waals surface area contributed by atoms with E-state index in [1.165, 1.54) is 18.2 Å². The van der Waals surface area contributed by atoms with Crippen LogP contribution >= 0.6 is 27.5 Å². The van der Waals surface area contributed by atoms with Gasteiger partial charge in [0.1, 0.15) is 0 Å². The van der Waals surface area contributed by atoms with E-state index in [-0.39, 0.29) is 17.4 Å². The van der Waals surface area contributed by atoms with Gasteiger partial charge in [-0.25, -0.2) is 0 Å². The summed E-state index contributed by atoms with van der Waals surface area (Å²) in [6, 6.07) is 4.12. The minimum Gasteiger partial charge on any atom is -0.294 e. The molecule has 0 saturated carbocycles. The van der Waals surface area contributed by atoms with Crippen molar-refractivity contribution in [2.75, 3.05) is 5.33 Å². The predicted molar refractivity (Wildman–Crippen MR) is 65.4 cm³/mol. The number of benzene rings is 1. The molecule has 0 radical (unpaired) electrons. The van der Waals surface area contributed by atoms with Crippen molar-refractivity contribution in [2.24, 2.45) is 0 Å². The van der Waals surface area contributed by atoms with E-state index in [4.69, 9.17) is 11.6 Å². The number of halogens is 2. The minimum absolute atomic E-state index is 0.0500. The third-order valence-electron chi connectivity index (χ3n) is 2.07. The van der Waals surface area contributed by atoms with Crippen LogP contribution < -0.4 is 0 Å². The summed E-state index contributed by atoms with van der Waals surface area (Å²) in [4.78, 5) is 21.7. The lowest BCUT2D eigenvalue weighted by Gasteiger charge is -2.04. The summed E-state index contributed by atoms with van der Waals surface area (Å²) in [5, 5.41) is 11.1. The second-order valence-electron chi connectivity index (χ2n) is 3.09. The quantitative estimate of drug-likeness (QED) is 0.363. The van der Waals surface area contributed by atoms with E-state index in [1.54, 1.807) is 0 Å². The van der Waals surface area contributed by atoms with Gasteiger partial charge in [0.05, 0.1) is 4.92 Å². The Hall–Kier alpha value is -0.940. The van der Waals surface area contributed by atoms with Crippen molar-refractivity contribution in [2.45, 2.75) is 12.3 Å². The average Bonchev–Trinajstić information content (AvgIpc) is 2.28. The molecule has 16 heavy (non-hydrogen) atoms. The Balaban J connectivity index is 3.11. The van der Waals surface area contributed by atoms with Crippen molar-refractivity contribution in [3.8, 4) is 0 Å². The average molecular weight is 307 g/mol. The molecule has 0 heterocycles. The van der Waals surface area contributed by atoms with Crippen LogP contribution in [0.15, 0.2) is 18.2 Å². The molecule has 4 nitrogen and oxygen atoms in total. The van der Waals surface area contributed by atoms with Crippen LogP contribution in [0.5, 0.6) is 0 Å². The maximum atomic E-state index is 11.6. The Morgan fingerprint density at radius 1 is 1.50 bits per heavy atom. The van der Waals surface area contributed by atoms with Crippen LogP contribution in [-0.2, 0) is 5.88 Å². The molecule has 0 spiro atoms. The van der Waals surface area contributed by atoms with Gasteiger partial charge in [0.2, 0.25) is 0 Å². The molecule has 86 valence electrons. The monoisotopic (exact) mass is 305 g/mol. The number of hydrogen-bond donors (Lipinski definition) is 0. The first kappa shape index (κ1) is 13.1. The van der Waals surface area contributed by atoms with Gasteiger partial charge in [0.15, 0.2) is 5.78 Å². The second-order valence-corrected chi connectivity index (χ2v) is 4.15. The van der Waals surface area contributed by atoms with Gasteiger partial charge in [-0.15, -0.1) is 11.6 Å². The first-order chi connectivity index (χ1) is 7.60. The van der Waals surface area contributed by atoms with Gasteiger partial charge in [-0.1, -0.05) is 15.9 Å². The van der Waals surface area contributed by atoms with Crippen LogP contribution in [0.2, 0.25) is 0 Å². The fourth-order valence-corrected chi connectivity index (χ4v) is 1.88. The molecular weight excluding hydrogens is 297 g/mol. The highest BCUT2D eigenvalue weighted by Crippen LogP contribution is 2.21. The number of carbonyl (C=O) groups is 1. The van der Waals surface area contributed by atoms with Crippen LogP contribution in [0.3, 0.4) is 0 Å². The Bertz CT molecular complexity index is 423. The molecule has 0 atom stereocenters. The molecule has 1 aromatic carbocycles. The molecule has 0 aromatic heterocycles. The summed E-state index contributed by atoms with van der Waals surface area (Å²) in [7, 11) is 0. The number of nitro benzene ring substituents is 1. The number of nitro groups is 1. The first-order valence-corrected chi connectivity index (χ1v) is 6.18. The molecule has 0 unspecified atom stereocenters. The van der Waals surface area contributed by atoms with Crippen molar-refractivity contribution >= 4 is 39.0 Å². The van der Waals surface area contributed by atoms with E-state index in [0.29, 0.717) is 22.9 Å². The Labute approximate surface area is 106 Å². The lowest BCUT2D eigenvalue weighted by Crippen LogP contribution is -2.04. The van der Waals surface area contributed by atoms with Crippen LogP contribution in [0.25, 0.3) is 0 Å². The number of ketones is 1. The lowest BCUT2D eigenvalue weighted by molar-refractivity contribution is -0.384. The van der Waals surface area contributed by atoms with Gasteiger partial charge in [-0.05, 0) is 11.6 Å². The molecule has 6 heteroatoms. The molecule has 0 fully saturated rings. The Morgan fingerprint density at radius 3 is 2.69 bits per heavy atom. The third-order valence-corrected chi connectivity index (χ3v) is 2.75. The summed E-state index contributed by atoms with van der Waals surface area (Å²) in [5.74, 6) is 0.0211. The van der Waals surface area contributed by atoms with Gasteiger partial charge in [-0.2, -0.15) is 0 Å². The lowest BCUT2D eigenvalue weighted by atomic mass is 10.0. The summed E-state index contributed by atoms with van der Waals surface area (Å²) in [6.07, 6.45) is 0.349. The third kappa shape index (κ3) is 3.02. The summed E-state index contributed by atoms with van der Waals surface area (Å²) in [5.41, 5.74) is 0.910. The summed E-state index contributed by atoms with van der Waals surface area (Å²) in [6.45, 7) is 0. The highest BCUT2D eigenvalue weighted by molar-refractivity contribution is 9.09. The first-order valence-electron chi connectivity index (χ1n) is 4.52. The van der Waals surface area contributed by atoms with E-state index in [9.17, 15) is 14.9 Å². The van der Waals surface area contributed by atoms with Crippen LogP contribution in [0.4, 0.5) is 5.69 Å². The largest absolute Gasteiger partial charge is 0.294 e. The maximum absolute atomic E-state index is 11.6. The van der Waals surface area contributed by atoms with Crippen molar-refractivity contribution in [3.63, 3.8) is 0 Å². The molecule has 0 bridgehead atoms. The standard InChI is InChI=1S/C10H9BrClNO3/c11-4-3-10(14)9-2-1-8(13(15)16)5-7(9)6-12/h1-2,5H,3-4,6H2. The number of non-ortho nitro benzene ring substituents is 1. The maximum Gasteiger partial charge on any atom is 0.269 e. The minimum atomic E-state index is -0.505. The van der Waals surface area contributed by atoms with Crippen LogP contribution in [0, 0.1) is 10.1 Å². The van der Waals surface area contributed by atoms with E-state index in [1.807, 2.05) is 0 Å². The predicted octanol–water partition coefficient (Wildman–Crippen LogP) is 3.30. The van der Waals surface area contributed by atoms with Crippen molar-refractivity contribution in [1.29, 1.82) is 0 Å². The Morgan fingerprint density at radius 2 is 2.19 bits per heavy atom. The molecule has 0 aliphatic rings. The zero-order chi connectivity index (χ0) is 12.1. The zero-order valence-corrected chi connectivity index (χ0v) is 10.6. The normalized spacial score (nSPS) is 10.1. The summed E-state index contributed by atoms with van der Waals surface area (Å²) >= 11 is 8.84. The molecule has 0 saturated heterocycles. The van der Waals surface area contributed by atoms with Gasteiger partial charge < -0.3 is 0 Å². The van der Waals surface area contributed by atoms with Crippen molar-refractivity contribution in [3.05, 3.63) is 39.4 Å². The van der Waals surface area contributed by atoms with E-state index in [0.717, 1.165) is 0 Å². The fourth-order valence-electron chi connectivity index (χ4n) is 1.30. The number of carbonyl (C=O) groups excluding carboxylic acids is 1. The van der Waals surface area contributed by atoms with E-state index >= 15 is 0 Å². The second kappa shape index (κ2) is 5.96. The number of nitrogens with zero attached hydrogens (tertiary/aromatic N) is 1. The van der Waals surface area contributed by atoms with Crippen molar-refractivity contribution in [1.82, 2.24) is 0 Å². The van der Waals surface area contributed by atoms with Crippen molar-refractivity contribution < 1.29 is 9.72 Å². The highest BCUT2D eigenvalue weighted by atomic mass is 79.9. The van der Waals surface area contributed by atoms with Gasteiger partial charge >= 0.3 is 0 Å². The number of Topliss-reactive ketones (excluding diaryl/α,β-unsaturated/α-hetero) is 1. The SMILES string of the molecule is O=C(CCBr)c1ccc([N+](=O)[O-])cc1CCl. The number of hydrogen-bond acceptors (Lipinski definition) is 3. The smallest absolute Gasteiger partial charge is 0.269 e. The topological polar surface area (TPSA) is 60.2 Å². The molecule has 0 aliphatic heterocycles. The molecule has 0 aliphatic carbocycles. The van der Waals surface area contributed by atoms with Gasteiger partial charge in [0, 0.05) is 35.3 Å². The van der Waals surface area contributed by atoms with E-state index in [2.05, 4.69) is 15.9 Å². The summed E-state index contributed by atoms with van der Waals surface area (Å²) < 4.78 is 0. The molecule has 1 rings (SSSR count). The molecular formula is C10H9BrClNO3. The van der Waals surface area contributed by atoms with Crippen LogP contribution in [-0.4, -0.2) is 16.0 Å². The van der Waals surface area contributed by atoms with Crippen LogP contribution in [0.1, 0.15) is 22.3 Å². The number of rotatable bonds is 5. The molecule has 1 aromatic rings. The fraction of sp³-hybridized carbons (Fsp3) is 0.300. The highest BCUT2D eigenvalue weighted by Gasteiger charge is 2.14. The zero-order valence-electron chi connectivity index (χ0n) is 8.28. The van der Waals surface area contributed by atoms with Gasteiger partial charge in [0.25, 0.3) is 5.69 Å². The Kier molecular flexibility index (Phi) is 4.89.